The van der Waals surface area contributed by atoms with Gasteiger partial charge in [-0.05, 0) is 26.2 Å². The molecule has 0 aliphatic heterocycles. The Morgan fingerprint density at radius 2 is 1.47 bits per heavy atom. The zero-order valence-corrected chi connectivity index (χ0v) is 12.9. The van der Waals surface area contributed by atoms with E-state index in [0.29, 0.717) is 0 Å². The van der Waals surface area contributed by atoms with E-state index in [1.165, 1.54) is 0 Å². The largest absolute Gasteiger partial charge is 0.463 e. The second-order valence-electron chi connectivity index (χ2n) is 5.38. The Balaban J connectivity index is 3.80. The molecule has 0 aromatic carbocycles. The molecule has 0 aromatic rings. The van der Waals surface area contributed by atoms with Gasteiger partial charge in [0.2, 0.25) is 0 Å². The molecule has 4 nitrogen and oxygen atoms in total. The average Bonchev–Trinajstić information content (AvgIpc) is 2.33. The van der Waals surface area contributed by atoms with E-state index in [1.807, 2.05) is 27.7 Å². The molecule has 0 heterocycles. The Hall–Kier alpha value is -1.06. The lowest BCUT2D eigenvalue weighted by molar-refractivity contribution is -0.156. The van der Waals surface area contributed by atoms with Crippen molar-refractivity contribution < 1.29 is 19.1 Å². The first kappa shape index (κ1) is 17.9. The van der Waals surface area contributed by atoms with E-state index in [0.717, 1.165) is 19.3 Å². The van der Waals surface area contributed by atoms with Gasteiger partial charge in [0.15, 0.2) is 0 Å². The van der Waals surface area contributed by atoms with Gasteiger partial charge in [-0.1, -0.05) is 33.6 Å². The zero-order valence-electron chi connectivity index (χ0n) is 12.9. The van der Waals surface area contributed by atoms with Gasteiger partial charge < -0.3 is 9.47 Å². The SMILES string of the molecule is CCCCC(C)OC(=O)CCC(=O)OC(C)C(C)C. The molecule has 0 rings (SSSR count). The molecule has 19 heavy (non-hydrogen) atoms. The van der Waals surface area contributed by atoms with Crippen LogP contribution in [-0.4, -0.2) is 24.1 Å². The van der Waals surface area contributed by atoms with Crippen LogP contribution in [0.25, 0.3) is 0 Å². The monoisotopic (exact) mass is 272 g/mol. The predicted molar refractivity (Wildman–Crippen MR) is 74.7 cm³/mol. The molecular formula is C15H28O4. The summed E-state index contributed by atoms with van der Waals surface area (Å²) in [4.78, 5) is 23.0. The average molecular weight is 272 g/mol. The van der Waals surface area contributed by atoms with Crippen molar-refractivity contribution in [3.8, 4) is 0 Å². The highest BCUT2D eigenvalue weighted by Crippen LogP contribution is 2.09. The molecule has 2 unspecified atom stereocenters. The van der Waals surface area contributed by atoms with Crippen LogP contribution in [0.2, 0.25) is 0 Å². The van der Waals surface area contributed by atoms with Gasteiger partial charge in [-0.2, -0.15) is 0 Å². The molecule has 0 amide bonds. The van der Waals surface area contributed by atoms with Crippen molar-refractivity contribution in [2.45, 2.75) is 78.9 Å². The lowest BCUT2D eigenvalue weighted by atomic mass is 10.1. The van der Waals surface area contributed by atoms with E-state index in [4.69, 9.17) is 9.47 Å². The maximum Gasteiger partial charge on any atom is 0.306 e. The summed E-state index contributed by atoms with van der Waals surface area (Å²) in [6.45, 7) is 9.81. The number of unbranched alkanes of at least 4 members (excludes halogenated alkanes) is 1. The number of carbonyl (C=O) groups is 2. The summed E-state index contributed by atoms with van der Waals surface area (Å²) in [7, 11) is 0. The van der Waals surface area contributed by atoms with Gasteiger partial charge in [0, 0.05) is 0 Å². The van der Waals surface area contributed by atoms with Crippen LogP contribution in [0.3, 0.4) is 0 Å². The van der Waals surface area contributed by atoms with Crippen LogP contribution < -0.4 is 0 Å². The zero-order chi connectivity index (χ0) is 14.8. The summed E-state index contributed by atoms with van der Waals surface area (Å²) >= 11 is 0. The number of esters is 2. The van der Waals surface area contributed by atoms with E-state index < -0.39 is 0 Å². The molecule has 0 saturated heterocycles. The molecule has 0 aliphatic rings. The predicted octanol–water partition coefficient (Wildman–Crippen LogP) is 3.48. The van der Waals surface area contributed by atoms with Crippen molar-refractivity contribution >= 4 is 11.9 Å². The smallest absolute Gasteiger partial charge is 0.306 e. The Bertz CT molecular complexity index is 273. The van der Waals surface area contributed by atoms with Crippen LogP contribution in [0, 0.1) is 5.92 Å². The van der Waals surface area contributed by atoms with Crippen LogP contribution in [0.5, 0.6) is 0 Å². The van der Waals surface area contributed by atoms with Gasteiger partial charge in [0.25, 0.3) is 0 Å². The third-order valence-corrected chi connectivity index (χ3v) is 3.09. The van der Waals surface area contributed by atoms with Gasteiger partial charge >= 0.3 is 11.9 Å². The van der Waals surface area contributed by atoms with Crippen molar-refractivity contribution in [3.05, 3.63) is 0 Å². The van der Waals surface area contributed by atoms with E-state index in [2.05, 4.69) is 6.92 Å². The van der Waals surface area contributed by atoms with Crippen LogP contribution in [0.4, 0.5) is 0 Å². The highest BCUT2D eigenvalue weighted by molar-refractivity contribution is 5.77. The van der Waals surface area contributed by atoms with Crippen molar-refractivity contribution in [2.75, 3.05) is 0 Å². The molecule has 0 aromatic heterocycles. The standard InChI is InChI=1S/C15H28O4/c1-6-7-8-12(4)18-14(16)9-10-15(17)19-13(5)11(2)3/h11-13H,6-10H2,1-5H3. The van der Waals surface area contributed by atoms with Crippen molar-refractivity contribution in [1.82, 2.24) is 0 Å². The van der Waals surface area contributed by atoms with Crippen molar-refractivity contribution in [1.29, 1.82) is 0 Å². The molecule has 4 heteroatoms. The summed E-state index contributed by atoms with van der Waals surface area (Å²) in [5, 5.41) is 0. The topological polar surface area (TPSA) is 52.6 Å². The highest BCUT2D eigenvalue weighted by atomic mass is 16.5. The van der Waals surface area contributed by atoms with E-state index in [1.54, 1.807) is 0 Å². The van der Waals surface area contributed by atoms with Crippen molar-refractivity contribution in [2.24, 2.45) is 5.92 Å². The molecule has 112 valence electrons. The number of ether oxygens (including phenoxy) is 2. The quantitative estimate of drug-likeness (QED) is 0.603. The molecule has 0 spiro atoms. The second-order valence-corrected chi connectivity index (χ2v) is 5.38. The first-order valence-corrected chi connectivity index (χ1v) is 7.25. The molecule has 0 bridgehead atoms. The first-order chi connectivity index (χ1) is 8.86. The molecule has 0 fully saturated rings. The summed E-state index contributed by atoms with van der Waals surface area (Å²) in [5.41, 5.74) is 0. The first-order valence-electron chi connectivity index (χ1n) is 7.25. The third-order valence-electron chi connectivity index (χ3n) is 3.09. The normalized spacial score (nSPS) is 14.0. The lowest BCUT2D eigenvalue weighted by Gasteiger charge is -2.16. The summed E-state index contributed by atoms with van der Waals surface area (Å²) in [6, 6.07) is 0. The fraction of sp³-hybridized carbons (Fsp3) is 0.867. The molecular weight excluding hydrogens is 244 g/mol. The minimum absolute atomic E-state index is 0.0712. The van der Waals surface area contributed by atoms with E-state index >= 15 is 0 Å². The van der Waals surface area contributed by atoms with E-state index in [9.17, 15) is 9.59 Å². The maximum atomic E-state index is 11.5. The maximum absolute atomic E-state index is 11.5. The van der Waals surface area contributed by atoms with E-state index in [-0.39, 0.29) is 42.9 Å². The molecule has 0 aliphatic carbocycles. The number of carbonyl (C=O) groups excluding carboxylic acids is 2. The molecule has 0 saturated carbocycles. The minimum atomic E-state index is -0.334. The van der Waals surface area contributed by atoms with Crippen LogP contribution in [0.1, 0.15) is 66.7 Å². The Morgan fingerprint density at radius 1 is 0.947 bits per heavy atom. The minimum Gasteiger partial charge on any atom is -0.463 e. The summed E-state index contributed by atoms with van der Waals surface area (Å²) in [5.74, 6) is -0.373. The van der Waals surface area contributed by atoms with Crippen LogP contribution in [0.15, 0.2) is 0 Å². The van der Waals surface area contributed by atoms with Crippen LogP contribution in [-0.2, 0) is 19.1 Å². The molecule has 0 N–H and O–H groups in total. The summed E-state index contributed by atoms with van der Waals surface area (Å²) < 4.78 is 10.4. The Labute approximate surface area is 116 Å². The Morgan fingerprint density at radius 3 is 1.95 bits per heavy atom. The second kappa shape index (κ2) is 9.82. The third kappa shape index (κ3) is 9.51. The van der Waals surface area contributed by atoms with Gasteiger partial charge in [-0.25, -0.2) is 0 Å². The highest BCUT2D eigenvalue weighted by Gasteiger charge is 2.15. The lowest BCUT2D eigenvalue weighted by Crippen LogP contribution is -2.21. The number of hydrogen-bond acceptors (Lipinski definition) is 4. The number of hydrogen-bond donors (Lipinski definition) is 0. The molecule has 0 radical (unpaired) electrons. The van der Waals surface area contributed by atoms with Crippen LogP contribution >= 0.6 is 0 Å². The van der Waals surface area contributed by atoms with Gasteiger partial charge in [-0.3, -0.25) is 9.59 Å². The van der Waals surface area contributed by atoms with Gasteiger partial charge in [0.1, 0.15) is 6.10 Å². The fourth-order valence-electron chi connectivity index (χ4n) is 1.44. The Kier molecular flexibility index (Phi) is 9.27. The van der Waals surface area contributed by atoms with Gasteiger partial charge in [-0.15, -0.1) is 0 Å². The van der Waals surface area contributed by atoms with Crippen molar-refractivity contribution in [3.63, 3.8) is 0 Å². The van der Waals surface area contributed by atoms with Gasteiger partial charge in [0.05, 0.1) is 18.9 Å². The molecule has 2 atom stereocenters. The number of rotatable bonds is 9. The fourth-order valence-corrected chi connectivity index (χ4v) is 1.44. The summed E-state index contributed by atoms with van der Waals surface area (Å²) in [6.07, 6.45) is 3.00.